The molecule has 160 valence electrons. The molecule has 1 aliphatic rings. The van der Waals surface area contributed by atoms with E-state index in [0.717, 1.165) is 29.6 Å². The fraction of sp³-hybridized carbons (Fsp3) is 0.348. The topological polar surface area (TPSA) is 97.2 Å². The molecule has 0 atom stereocenters. The minimum absolute atomic E-state index is 0.143. The molecule has 3 heterocycles. The van der Waals surface area contributed by atoms with Gasteiger partial charge in [-0.15, -0.1) is 0 Å². The van der Waals surface area contributed by atoms with Crippen molar-refractivity contribution in [2.75, 3.05) is 19.6 Å². The summed E-state index contributed by atoms with van der Waals surface area (Å²) in [5.74, 6) is -0.0903. The first-order valence-electron chi connectivity index (χ1n) is 10.5. The Kier molecular flexibility index (Phi) is 6.35. The molecule has 4 rings (SSSR count). The van der Waals surface area contributed by atoms with Crippen LogP contribution in [0.25, 0.3) is 10.8 Å². The molecule has 0 saturated carbocycles. The number of carbonyl (C=O) groups excluding carboxylic acids is 2. The van der Waals surface area contributed by atoms with Gasteiger partial charge in [0.2, 0.25) is 11.8 Å². The lowest BCUT2D eigenvalue weighted by Crippen LogP contribution is -2.36. The Bertz CT molecular complexity index is 1140. The SMILES string of the molecule is O=C(Cn1nc(Cc2ccncc2)c2ccccc2c1=O)NCCCN1CCCC1=O. The predicted octanol–water partition coefficient (Wildman–Crippen LogP) is 1.51. The highest BCUT2D eigenvalue weighted by Gasteiger charge is 2.19. The Morgan fingerprint density at radius 2 is 1.84 bits per heavy atom. The van der Waals surface area contributed by atoms with Crippen LogP contribution in [0.3, 0.4) is 0 Å². The van der Waals surface area contributed by atoms with Crippen molar-refractivity contribution >= 4 is 22.6 Å². The van der Waals surface area contributed by atoms with Crippen molar-refractivity contribution in [3.63, 3.8) is 0 Å². The average molecular weight is 419 g/mol. The molecule has 1 aromatic carbocycles. The molecule has 0 bridgehead atoms. The van der Waals surface area contributed by atoms with Crippen LogP contribution in [-0.2, 0) is 22.6 Å². The molecule has 31 heavy (non-hydrogen) atoms. The zero-order valence-electron chi connectivity index (χ0n) is 17.3. The molecule has 2 amide bonds. The average Bonchev–Trinajstić information content (AvgIpc) is 3.20. The zero-order chi connectivity index (χ0) is 21.6. The van der Waals surface area contributed by atoms with E-state index in [2.05, 4.69) is 15.4 Å². The van der Waals surface area contributed by atoms with Crippen molar-refractivity contribution in [1.82, 2.24) is 25.0 Å². The quantitative estimate of drug-likeness (QED) is 0.558. The van der Waals surface area contributed by atoms with Crippen LogP contribution in [0.15, 0.2) is 53.6 Å². The number of hydrogen-bond acceptors (Lipinski definition) is 5. The third kappa shape index (κ3) is 4.96. The molecule has 0 spiro atoms. The monoisotopic (exact) mass is 419 g/mol. The van der Waals surface area contributed by atoms with Gasteiger partial charge in [-0.2, -0.15) is 5.10 Å². The Labute approximate surface area is 179 Å². The maximum atomic E-state index is 12.9. The van der Waals surface area contributed by atoms with Gasteiger partial charge in [0.05, 0.1) is 11.1 Å². The number of hydrogen-bond donors (Lipinski definition) is 1. The van der Waals surface area contributed by atoms with Gasteiger partial charge in [-0.1, -0.05) is 18.2 Å². The van der Waals surface area contributed by atoms with E-state index in [0.29, 0.717) is 37.7 Å². The van der Waals surface area contributed by atoms with Gasteiger partial charge in [0.15, 0.2) is 0 Å². The molecule has 1 N–H and O–H groups in total. The number of benzene rings is 1. The van der Waals surface area contributed by atoms with E-state index in [1.54, 1.807) is 18.5 Å². The molecule has 1 saturated heterocycles. The van der Waals surface area contributed by atoms with E-state index in [9.17, 15) is 14.4 Å². The number of nitrogens with zero attached hydrogens (tertiary/aromatic N) is 4. The minimum atomic E-state index is -0.285. The maximum Gasteiger partial charge on any atom is 0.275 e. The van der Waals surface area contributed by atoms with Crippen LogP contribution < -0.4 is 10.9 Å². The number of pyridine rings is 1. The first-order chi connectivity index (χ1) is 15.1. The molecule has 0 unspecified atom stereocenters. The lowest BCUT2D eigenvalue weighted by atomic mass is 10.1. The summed E-state index contributed by atoms with van der Waals surface area (Å²) in [6.07, 6.45) is 6.18. The number of amides is 2. The Hall–Kier alpha value is -3.55. The molecule has 1 fully saturated rings. The van der Waals surface area contributed by atoms with E-state index in [-0.39, 0.29) is 23.9 Å². The highest BCUT2D eigenvalue weighted by molar-refractivity contribution is 5.84. The normalized spacial score (nSPS) is 13.7. The molecular weight excluding hydrogens is 394 g/mol. The van der Waals surface area contributed by atoms with Gasteiger partial charge in [-0.3, -0.25) is 19.4 Å². The Morgan fingerprint density at radius 3 is 2.58 bits per heavy atom. The van der Waals surface area contributed by atoms with E-state index in [4.69, 9.17) is 0 Å². The standard InChI is InChI=1S/C23H25N5O3/c29-21(25-10-4-14-27-13-3-7-22(27)30)16-28-23(31)19-6-2-1-5-18(19)20(26-28)15-17-8-11-24-12-9-17/h1-2,5-6,8-9,11-12H,3-4,7,10,13-16H2,(H,25,29). The second kappa shape index (κ2) is 9.51. The summed E-state index contributed by atoms with van der Waals surface area (Å²) in [7, 11) is 0. The maximum absolute atomic E-state index is 12.9. The molecule has 0 radical (unpaired) electrons. The lowest BCUT2D eigenvalue weighted by molar-refractivity contribution is -0.127. The molecule has 0 aliphatic carbocycles. The summed E-state index contributed by atoms with van der Waals surface area (Å²) >= 11 is 0. The van der Waals surface area contributed by atoms with Crippen molar-refractivity contribution in [1.29, 1.82) is 0 Å². The minimum Gasteiger partial charge on any atom is -0.354 e. The first kappa shape index (κ1) is 20.7. The first-order valence-corrected chi connectivity index (χ1v) is 10.5. The summed E-state index contributed by atoms with van der Waals surface area (Å²) in [5, 5.41) is 8.67. The lowest BCUT2D eigenvalue weighted by Gasteiger charge is -2.15. The molecule has 8 heteroatoms. The van der Waals surface area contributed by atoms with Gasteiger partial charge in [-0.05, 0) is 36.6 Å². The molecule has 8 nitrogen and oxygen atoms in total. The summed E-state index contributed by atoms with van der Waals surface area (Å²) in [4.78, 5) is 42.8. The van der Waals surface area contributed by atoms with Gasteiger partial charge < -0.3 is 10.2 Å². The number of nitrogens with one attached hydrogen (secondary N) is 1. The van der Waals surface area contributed by atoms with Crippen LogP contribution in [-0.4, -0.2) is 51.1 Å². The van der Waals surface area contributed by atoms with E-state index >= 15 is 0 Å². The fourth-order valence-electron chi connectivity index (χ4n) is 3.87. The Balaban J connectivity index is 1.45. The fourth-order valence-corrected chi connectivity index (χ4v) is 3.87. The number of likely N-dealkylation sites (tertiary alicyclic amines) is 1. The van der Waals surface area contributed by atoms with Crippen LogP contribution in [0.2, 0.25) is 0 Å². The predicted molar refractivity (Wildman–Crippen MR) is 116 cm³/mol. The smallest absolute Gasteiger partial charge is 0.275 e. The highest BCUT2D eigenvalue weighted by Crippen LogP contribution is 2.16. The second-order valence-corrected chi connectivity index (χ2v) is 7.68. The van der Waals surface area contributed by atoms with Gasteiger partial charge in [0.25, 0.3) is 5.56 Å². The number of aromatic nitrogens is 3. The molecule has 2 aromatic heterocycles. The molecule has 1 aliphatic heterocycles. The van der Waals surface area contributed by atoms with Crippen LogP contribution in [0.4, 0.5) is 0 Å². The van der Waals surface area contributed by atoms with Crippen LogP contribution >= 0.6 is 0 Å². The van der Waals surface area contributed by atoms with Crippen molar-refractivity contribution in [2.24, 2.45) is 0 Å². The number of fused-ring (bicyclic) bond motifs is 1. The molecule has 3 aromatic rings. The second-order valence-electron chi connectivity index (χ2n) is 7.68. The Morgan fingerprint density at radius 1 is 1.06 bits per heavy atom. The van der Waals surface area contributed by atoms with Gasteiger partial charge in [-0.25, -0.2) is 4.68 Å². The van der Waals surface area contributed by atoms with Gasteiger partial charge in [0, 0.05) is 50.3 Å². The third-order valence-electron chi connectivity index (χ3n) is 5.46. The van der Waals surface area contributed by atoms with Crippen molar-refractivity contribution in [3.8, 4) is 0 Å². The summed E-state index contributed by atoms with van der Waals surface area (Å²) in [6.45, 7) is 1.75. The summed E-state index contributed by atoms with van der Waals surface area (Å²) in [5.41, 5.74) is 1.48. The molecular formula is C23H25N5O3. The van der Waals surface area contributed by atoms with Crippen LogP contribution in [0.1, 0.15) is 30.5 Å². The van der Waals surface area contributed by atoms with E-state index in [1.807, 2.05) is 35.2 Å². The summed E-state index contributed by atoms with van der Waals surface area (Å²) < 4.78 is 1.23. The summed E-state index contributed by atoms with van der Waals surface area (Å²) in [6, 6.07) is 11.1. The third-order valence-corrected chi connectivity index (χ3v) is 5.46. The van der Waals surface area contributed by atoms with Crippen molar-refractivity contribution in [3.05, 3.63) is 70.4 Å². The number of rotatable bonds is 8. The van der Waals surface area contributed by atoms with E-state index < -0.39 is 0 Å². The zero-order valence-corrected chi connectivity index (χ0v) is 17.3. The van der Waals surface area contributed by atoms with Gasteiger partial charge >= 0.3 is 0 Å². The van der Waals surface area contributed by atoms with Crippen molar-refractivity contribution < 1.29 is 9.59 Å². The van der Waals surface area contributed by atoms with E-state index in [1.165, 1.54) is 4.68 Å². The highest BCUT2D eigenvalue weighted by atomic mass is 16.2. The van der Waals surface area contributed by atoms with Crippen LogP contribution in [0, 0.1) is 0 Å². The van der Waals surface area contributed by atoms with Gasteiger partial charge in [0.1, 0.15) is 6.54 Å². The number of carbonyl (C=O) groups is 2. The van der Waals surface area contributed by atoms with Crippen LogP contribution in [0.5, 0.6) is 0 Å². The largest absolute Gasteiger partial charge is 0.354 e. The van der Waals surface area contributed by atoms with Crippen molar-refractivity contribution in [2.45, 2.75) is 32.2 Å².